The van der Waals surface area contributed by atoms with E-state index in [0.29, 0.717) is 17.8 Å². The Labute approximate surface area is 109 Å². The topological polar surface area (TPSA) is 57.6 Å². The van der Waals surface area contributed by atoms with Gasteiger partial charge in [-0.1, -0.05) is 13.8 Å². The van der Waals surface area contributed by atoms with Crippen LogP contribution in [0, 0.1) is 11.3 Å². The van der Waals surface area contributed by atoms with Crippen molar-refractivity contribution in [1.29, 1.82) is 0 Å². The maximum atomic E-state index is 12.0. The second-order valence-electron chi connectivity index (χ2n) is 6.33. The summed E-state index contributed by atoms with van der Waals surface area (Å²) < 4.78 is 0. The molecule has 0 heterocycles. The standard InChI is InChI=1S/C14H25NO3/c1-10(13(17)18)15(4)12(16)9-11-5-7-14(2,3)8-6-11/h10-11H,5-9H2,1-4H3,(H,17,18). The van der Waals surface area contributed by atoms with Crippen LogP contribution in [-0.4, -0.2) is 35.0 Å². The second-order valence-corrected chi connectivity index (χ2v) is 6.33. The third-order valence-corrected chi connectivity index (χ3v) is 4.25. The molecule has 1 amide bonds. The molecule has 0 aromatic heterocycles. The summed E-state index contributed by atoms with van der Waals surface area (Å²) in [6, 6.07) is -0.738. The van der Waals surface area contributed by atoms with Crippen LogP contribution in [-0.2, 0) is 9.59 Å². The number of carboxylic acids is 1. The minimum atomic E-state index is -0.948. The van der Waals surface area contributed by atoms with Gasteiger partial charge in [0.1, 0.15) is 6.04 Å². The molecule has 0 aliphatic heterocycles. The molecule has 4 heteroatoms. The number of amides is 1. The summed E-state index contributed by atoms with van der Waals surface area (Å²) >= 11 is 0. The van der Waals surface area contributed by atoms with Gasteiger partial charge in [0.05, 0.1) is 0 Å². The van der Waals surface area contributed by atoms with E-state index in [1.165, 1.54) is 4.90 Å². The van der Waals surface area contributed by atoms with E-state index >= 15 is 0 Å². The highest BCUT2D eigenvalue weighted by Gasteiger charge is 2.30. The average molecular weight is 255 g/mol. The fourth-order valence-electron chi connectivity index (χ4n) is 2.44. The highest BCUT2D eigenvalue weighted by atomic mass is 16.4. The molecular weight excluding hydrogens is 230 g/mol. The summed E-state index contributed by atoms with van der Waals surface area (Å²) in [7, 11) is 1.58. The van der Waals surface area contributed by atoms with Gasteiger partial charge in [0.2, 0.25) is 5.91 Å². The van der Waals surface area contributed by atoms with Gasteiger partial charge < -0.3 is 10.0 Å². The zero-order valence-corrected chi connectivity index (χ0v) is 11.9. The molecule has 0 spiro atoms. The van der Waals surface area contributed by atoms with Crippen molar-refractivity contribution in [2.75, 3.05) is 7.05 Å². The van der Waals surface area contributed by atoms with Crippen LogP contribution >= 0.6 is 0 Å². The first-order valence-electron chi connectivity index (χ1n) is 6.71. The molecule has 0 radical (unpaired) electrons. The van der Waals surface area contributed by atoms with Crippen LogP contribution in [0.3, 0.4) is 0 Å². The minimum Gasteiger partial charge on any atom is -0.480 e. The molecule has 1 atom stereocenters. The number of hydrogen-bond donors (Lipinski definition) is 1. The van der Waals surface area contributed by atoms with Gasteiger partial charge in [-0.3, -0.25) is 4.79 Å². The molecular formula is C14H25NO3. The lowest BCUT2D eigenvalue weighted by molar-refractivity contribution is -0.148. The number of nitrogens with zero attached hydrogens (tertiary/aromatic N) is 1. The Morgan fingerprint density at radius 1 is 1.33 bits per heavy atom. The monoisotopic (exact) mass is 255 g/mol. The van der Waals surface area contributed by atoms with Crippen molar-refractivity contribution < 1.29 is 14.7 Å². The summed E-state index contributed by atoms with van der Waals surface area (Å²) in [6.45, 7) is 6.08. The molecule has 1 aliphatic carbocycles. The van der Waals surface area contributed by atoms with Crippen molar-refractivity contribution in [3.8, 4) is 0 Å². The number of carbonyl (C=O) groups is 2. The predicted octanol–water partition coefficient (Wildman–Crippen LogP) is 2.52. The lowest BCUT2D eigenvalue weighted by Crippen LogP contribution is -2.41. The van der Waals surface area contributed by atoms with Gasteiger partial charge in [-0.25, -0.2) is 4.79 Å². The zero-order valence-electron chi connectivity index (χ0n) is 11.9. The molecule has 1 N–H and O–H groups in total. The highest BCUT2D eigenvalue weighted by molar-refractivity contribution is 5.83. The van der Waals surface area contributed by atoms with Gasteiger partial charge in [-0.05, 0) is 43.9 Å². The molecule has 18 heavy (non-hydrogen) atoms. The number of carboxylic acid groups (broad SMARTS) is 1. The van der Waals surface area contributed by atoms with E-state index in [0.717, 1.165) is 25.7 Å². The Bertz CT molecular complexity index is 315. The smallest absolute Gasteiger partial charge is 0.326 e. The quantitative estimate of drug-likeness (QED) is 0.839. The Kier molecular flexibility index (Phi) is 4.77. The van der Waals surface area contributed by atoms with Gasteiger partial charge in [-0.15, -0.1) is 0 Å². The molecule has 1 saturated carbocycles. The van der Waals surface area contributed by atoms with Gasteiger partial charge in [0.25, 0.3) is 0 Å². The zero-order chi connectivity index (χ0) is 13.9. The van der Waals surface area contributed by atoms with Crippen LogP contribution in [0.25, 0.3) is 0 Å². The molecule has 104 valence electrons. The van der Waals surface area contributed by atoms with Crippen molar-refractivity contribution in [3.63, 3.8) is 0 Å². The summed E-state index contributed by atoms with van der Waals surface area (Å²) in [4.78, 5) is 24.2. The van der Waals surface area contributed by atoms with Crippen molar-refractivity contribution in [3.05, 3.63) is 0 Å². The average Bonchev–Trinajstić information content (AvgIpc) is 2.29. The number of carbonyl (C=O) groups excluding carboxylic acids is 1. The van der Waals surface area contributed by atoms with Crippen molar-refractivity contribution in [2.45, 2.75) is 58.9 Å². The van der Waals surface area contributed by atoms with E-state index in [9.17, 15) is 9.59 Å². The third kappa shape index (κ3) is 4.00. The van der Waals surface area contributed by atoms with Crippen LogP contribution in [0.15, 0.2) is 0 Å². The summed E-state index contributed by atoms with van der Waals surface area (Å²) in [5.41, 5.74) is 0.403. The Balaban J connectivity index is 2.44. The first kappa shape index (κ1) is 15.0. The SMILES string of the molecule is CC(C(=O)O)N(C)C(=O)CC1CCC(C)(C)CC1. The third-order valence-electron chi connectivity index (χ3n) is 4.25. The largest absolute Gasteiger partial charge is 0.480 e. The van der Waals surface area contributed by atoms with E-state index in [4.69, 9.17) is 5.11 Å². The molecule has 0 aromatic carbocycles. The van der Waals surface area contributed by atoms with E-state index in [1.807, 2.05) is 0 Å². The summed E-state index contributed by atoms with van der Waals surface area (Å²) in [5.74, 6) is -0.570. The van der Waals surface area contributed by atoms with Gasteiger partial charge in [0.15, 0.2) is 0 Å². The Morgan fingerprint density at radius 3 is 2.28 bits per heavy atom. The van der Waals surface area contributed by atoms with Crippen LogP contribution in [0.4, 0.5) is 0 Å². The number of hydrogen-bond acceptors (Lipinski definition) is 2. The second kappa shape index (κ2) is 5.72. The van der Waals surface area contributed by atoms with Gasteiger partial charge in [-0.2, -0.15) is 0 Å². The fourth-order valence-corrected chi connectivity index (χ4v) is 2.44. The highest BCUT2D eigenvalue weighted by Crippen LogP contribution is 2.39. The maximum absolute atomic E-state index is 12.0. The van der Waals surface area contributed by atoms with Crippen molar-refractivity contribution >= 4 is 11.9 Å². The van der Waals surface area contributed by atoms with Crippen LogP contribution in [0.2, 0.25) is 0 Å². The molecule has 1 rings (SSSR count). The lowest BCUT2D eigenvalue weighted by Gasteiger charge is -2.34. The molecule has 1 fully saturated rings. The van der Waals surface area contributed by atoms with Crippen LogP contribution < -0.4 is 0 Å². The number of rotatable bonds is 4. The predicted molar refractivity (Wildman–Crippen MR) is 70.2 cm³/mol. The minimum absolute atomic E-state index is 0.0467. The van der Waals surface area contributed by atoms with E-state index in [1.54, 1.807) is 14.0 Å². The molecule has 1 aliphatic rings. The molecule has 0 aromatic rings. The van der Waals surface area contributed by atoms with Crippen molar-refractivity contribution in [2.24, 2.45) is 11.3 Å². The molecule has 0 bridgehead atoms. The number of likely N-dealkylation sites (N-methyl/N-ethyl adjacent to an activating group) is 1. The maximum Gasteiger partial charge on any atom is 0.326 e. The first-order chi connectivity index (χ1) is 8.23. The summed E-state index contributed by atoms with van der Waals surface area (Å²) in [6.07, 6.45) is 4.96. The molecule has 0 saturated heterocycles. The van der Waals surface area contributed by atoms with Gasteiger partial charge in [0, 0.05) is 13.5 Å². The van der Waals surface area contributed by atoms with Crippen LogP contribution in [0.5, 0.6) is 0 Å². The normalized spacial score (nSPS) is 21.3. The number of aliphatic carboxylic acids is 1. The van der Waals surface area contributed by atoms with Gasteiger partial charge >= 0.3 is 5.97 Å². The van der Waals surface area contributed by atoms with E-state index in [-0.39, 0.29) is 5.91 Å². The molecule has 4 nitrogen and oxygen atoms in total. The fraction of sp³-hybridized carbons (Fsp3) is 0.857. The Morgan fingerprint density at radius 2 is 1.83 bits per heavy atom. The van der Waals surface area contributed by atoms with Crippen molar-refractivity contribution in [1.82, 2.24) is 4.90 Å². The van der Waals surface area contributed by atoms with Crippen LogP contribution in [0.1, 0.15) is 52.9 Å². The van der Waals surface area contributed by atoms with E-state index in [2.05, 4.69) is 13.8 Å². The lowest BCUT2D eigenvalue weighted by atomic mass is 9.72. The first-order valence-corrected chi connectivity index (χ1v) is 6.71. The summed E-state index contributed by atoms with van der Waals surface area (Å²) in [5, 5.41) is 8.88. The molecule has 1 unspecified atom stereocenters. The Hall–Kier alpha value is -1.06. The van der Waals surface area contributed by atoms with E-state index < -0.39 is 12.0 Å².